The van der Waals surface area contributed by atoms with Gasteiger partial charge in [-0.1, -0.05) is 36.4 Å². The van der Waals surface area contributed by atoms with Gasteiger partial charge in [-0.3, -0.25) is 9.48 Å². The zero-order valence-corrected chi connectivity index (χ0v) is 19.5. The fraction of sp³-hybridized carbons (Fsp3) is 0.120. The van der Waals surface area contributed by atoms with Crippen LogP contribution < -0.4 is 15.2 Å². The summed E-state index contributed by atoms with van der Waals surface area (Å²) in [6.07, 6.45) is 0. The van der Waals surface area contributed by atoms with Crippen LogP contribution in [0.2, 0.25) is 0 Å². The number of rotatable bonds is 7. The van der Waals surface area contributed by atoms with Crippen LogP contribution >= 0.6 is 0 Å². The van der Waals surface area contributed by atoms with Gasteiger partial charge in [0.15, 0.2) is 0 Å². The molecule has 0 saturated heterocycles. The van der Waals surface area contributed by atoms with E-state index in [2.05, 4.69) is 9.82 Å². The number of ether oxygens (including phenoxy) is 1. The smallest absolute Gasteiger partial charge is 0.283 e. The van der Waals surface area contributed by atoms with Crippen LogP contribution in [-0.2, 0) is 10.0 Å². The first-order valence-corrected chi connectivity index (χ1v) is 12.0. The minimum atomic E-state index is -4.14. The molecule has 1 heterocycles. The minimum absolute atomic E-state index is 0. The molecule has 0 fully saturated rings. The van der Waals surface area contributed by atoms with E-state index in [1.807, 2.05) is 49.4 Å². The second-order valence-electron chi connectivity index (χ2n) is 7.68. The normalized spacial score (nSPS) is 12.2. The molecule has 1 aromatic heterocycles. The van der Waals surface area contributed by atoms with Crippen molar-refractivity contribution in [1.29, 1.82) is 0 Å². The summed E-state index contributed by atoms with van der Waals surface area (Å²) in [5.74, 6) is -0.107. The maximum atomic E-state index is 13.2. The van der Waals surface area contributed by atoms with E-state index in [4.69, 9.17) is 10.5 Å². The highest BCUT2D eigenvalue weighted by molar-refractivity contribution is 7.90. The summed E-state index contributed by atoms with van der Waals surface area (Å²) in [5.41, 5.74) is 8.30. The number of nitrogens with two attached hydrogens (primary N) is 1. The fourth-order valence-corrected chi connectivity index (χ4v) is 4.57. The third kappa shape index (κ3) is 4.79. The first-order chi connectivity index (χ1) is 16.3. The van der Waals surface area contributed by atoms with Crippen molar-refractivity contribution in [2.45, 2.75) is 17.9 Å². The zero-order chi connectivity index (χ0) is 24.3. The predicted molar refractivity (Wildman–Crippen MR) is 134 cm³/mol. The molecule has 4 aromatic rings. The number of sulfonamides is 1. The lowest BCUT2D eigenvalue weighted by Crippen LogP contribution is -2.33. The number of hydrogen-bond donors (Lipinski definition) is 2. The minimum Gasteiger partial charge on any atom is -0.497 e. The summed E-state index contributed by atoms with van der Waals surface area (Å²) in [5, 5.41) is 4.65. The molecule has 0 bridgehead atoms. The SMILES string of the molecule is COc1ccc(-c2cc(C(=O)NS(=O)(=O)c3cccc(N)c3)n(C(C)c3ccccc3)n2)cc1.[HH].[HH]. The molecular formula is C25H28N4O4S. The number of carbonyl (C=O) groups is 1. The molecule has 1 amide bonds. The molecule has 0 aliphatic heterocycles. The Hall–Kier alpha value is -4.11. The molecule has 1 unspecified atom stereocenters. The number of methoxy groups -OCH3 is 1. The Labute approximate surface area is 201 Å². The van der Waals surface area contributed by atoms with Crippen LogP contribution in [0.1, 0.15) is 31.9 Å². The van der Waals surface area contributed by atoms with E-state index >= 15 is 0 Å². The van der Waals surface area contributed by atoms with E-state index < -0.39 is 15.9 Å². The van der Waals surface area contributed by atoms with Gasteiger partial charge in [-0.05, 0) is 61.0 Å². The van der Waals surface area contributed by atoms with Crippen molar-refractivity contribution in [2.75, 3.05) is 12.8 Å². The van der Waals surface area contributed by atoms with Crippen LogP contribution in [0.25, 0.3) is 11.3 Å². The molecule has 34 heavy (non-hydrogen) atoms. The first-order valence-electron chi connectivity index (χ1n) is 10.5. The van der Waals surface area contributed by atoms with Crippen LogP contribution in [0.15, 0.2) is 89.8 Å². The standard InChI is InChI=1S/C25H24N4O4S.2H2/c1-17(18-7-4-3-5-8-18)29-24(16-23(27-29)19-11-13-21(33-2)14-12-19)25(30)28-34(31,32)22-10-6-9-20(26)15-22;;/h3-17H,26H2,1-2H3,(H,28,30);2*1H. The van der Waals surface area contributed by atoms with Gasteiger partial charge in [0, 0.05) is 14.1 Å². The Morgan fingerprint density at radius 3 is 2.38 bits per heavy atom. The van der Waals surface area contributed by atoms with Gasteiger partial charge in [-0.15, -0.1) is 0 Å². The van der Waals surface area contributed by atoms with Gasteiger partial charge >= 0.3 is 0 Å². The maximum Gasteiger partial charge on any atom is 0.283 e. The highest BCUT2D eigenvalue weighted by Gasteiger charge is 2.25. The molecule has 9 heteroatoms. The molecule has 0 spiro atoms. The lowest BCUT2D eigenvalue weighted by atomic mass is 10.1. The third-order valence-corrected chi connectivity index (χ3v) is 6.73. The number of nitrogen functional groups attached to an aromatic ring is 1. The summed E-state index contributed by atoms with van der Waals surface area (Å²) in [4.78, 5) is 13.1. The molecule has 3 N–H and O–H groups in total. The molecule has 8 nitrogen and oxygen atoms in total. The second kappa shape index (κ2) is 9.40. The molecule has 0 aliphatic carbocycles. The topological polar surface area (TPSA) is 116 Å². The van der Waals surface area contributed by atoms with Crippen LogP contribution in [0, 0.1) is 0 Å². The summed E-state index contributed by atoms with van der Waals surface area (Å²) in [6.45, 7) is 1.89. The van der Waals surface area contributed by atoms with Crippen molar-refractivity contribution < 1.29 is 20.8 Å². The quantitative estimate of drug-likeness (QED) is 0.380. The Bertz CT molecular complexity index is 1430. The number of carbonyl (C=O) groups excluding carboxylic acids is 1. The van der Waals surface area contributed by atoms with E-state index in [0.29, 0.717) is 11.4 Å². The number of nitrogens with zero attached hydrogens (tertiary/aromatic N) is 2. The monoisotopic (exact) mass is 480 g/mol. The number of nitrogens with one attached hydrogen (secondary N) is 1. The van der Waals surface area contributed by atoms with E-state index in [9.17, 15) is 13.2 Å². The molecule has 0 radical (unpaired) electrons. The Morgan fingerprint density at radius 1 is 1.03 bits per heavy atom. The van der Waals surface area contributed by atoms with E-state index in [-0.39, 0.29) is 25.2 Å². The number of aromatic nitrogens is 2. The number of hydrogen-bond acceptors (Lipinski definition) is 6. The van der Waals surface area contributed by atoms with Crippen molar-refractivity contribution in [3.8, 4) is 17.0 Å². The predicted octanol–water partition coefficient (Wildman–Crippen LogP) is 4.36. The van der Waals surface area contributed by atoms with E-state index in [1.165, 1.54) is 22.9 Å². The number of benzene rings is 3. The van der Waals surface area contributed by atoms with Crippen molar-refractivity contribution >= 4 is 21.6 Å². The summed E-state index contributed by atoms with van der Waals surface area (Å²) < 4.78 is 34.5. The van der Waals surface area contributed by atoms with Gasteiger partial charge in [0.05, 0.1) is 23.7 Å². The molecule has 4 rings (SSSR count). The molecule has 0 aliphatic rings. The van der Waals surface area contributed by atoms with Crippen molar-refractivity contribution in [3.05, 3.63) is 96.2 Å². The molecule has 0 saturated carbocycles. The largest absolute Gasteiger partial charge is 0.497 e. The van der Waals surface area contributed by atoms with Gasteiger partial charge in [0.2, 0.25) is 0 Å². The van der Waals surface area contributed by atoms with Gasteiger partial charge in [-0.25, -0.2) is 13.1 Å². The highest BCUT2D eigenvalue weighted by Crippen LogP contribution is 2.26. The van der Waals surface area contributed by atoms with Crippen LogP contribution in [0.5, 0.6) is 5.75 Å². The van der Waals surface area contributed by atoms with Crippen molar-refractivity contribution in [3.63, 3.8) is 0 Å². The molecule has 1 atom stereocenters. The molecule has 3 aromatic carbocycles. The Kier molecular flexibility index (Phi) is 6.38. The second-order valence-corrected chi connectivity index (χ2v) is 9.36. The van der Waals surface area contributed by atoms with E-state index in [0.717, 1.165) is 11.1 Å². The average molecular weight is 481 g/mol. The molecule has 178 valence electrons. The lowest BCUT2D eigenvalue weighted by Gasteiger charge is -2.16. The van der Waals surface area contributed by atoms with Crippen LogP contribution in [0.3, 0.4) is 0 Å². The third-order valence-electron chi connectivity index (χ3n) is 5.40. The summed E-state index contributed by atoms with van der Waals surface area (Å²) in [7, 11) is -2.56. The van der Waals surface area contributed by atoms with Gasteiger partial charge in [-0.2, -0.15) is 5.10 Å². The van der Waals surface area contributed by atoms with Gasteiger partial charge in [0.25, 0.3) is 15.9 Å². The zero-order valence-electron chi connectivity index (χ0n) is 18.7. The summed E-state index contributed by atoms with van der Waals surface area (Å²) in [6, 6.07) is 23.7. The Morgan fingerprint density at radius 2 is 1.74 bits per heavy atom. The fourth-order valence-electron chi connectivity index (χ4n) is 3.55. The van der Waals surface area contributed by atoms with Crippen molar-refractivity contribution in [1.82, 2.24) is 14.5 Å². The van der Waals surface area contributed by atoms with Gasteiger partial charge < -0.3 is 10.5 Å². The highest BCUT2D eigenvalue weighted by atomic mass is 32.2. The first kappa shape index (κ1) is 23.1. The lowest BCUT2D eigenvalue weighted by molar-refractivity contribution is 0.0969. The van der Waals surface area contributed by atoms with E-state index in [1.54, 1.807) is 31.4 Å². The van der Waals surface area contributed by atoms with Gasteiger partial charge in [0.1, 0.15) is 11.4 Å². The average Bonchev–Trinajstić information content (AvgIpc) is 3.30. The Balaban J connectivity index is 0.00000228. The van der Waals surface area contributed by atoms with Crippen LogP contribution in [0.4, 0.5) is 5.69 Å². The van der Waals surface area contributed by atoms with Crippen LogP contribution in [-0.4, -0.2) is 31.2 Å². The maximum absolute atomic E-state index is 13.2. The van der Waals surface area contributed by atoms with Crippen molar-refractivity contribution in [2.24, 2.45) is 0 Å². The number of anilines is 1. The summed E-state index contributed by atoms with van der Waals surface area (Å²) >= 11 is 0. The number of amides is 1. The molecular weight excluding hydrogens is 452 g/mol.